The zero-order chi connectivity index (χ0) is 24.5. The highest BCUT2D eigenvalue weighted by atomic mass is 32.2. The highest BCUT2D eigenvalue weighted by molar-refractivity contribution is 7.89. The van der Waals surface area contributed by atoms with Crippen LogP contribution in [-0.2, 0) is 14.8 Å². The number of hydrogen-bond donors (Lipinski definition) is 3. The monoisotopic (exact) mass is 507 g/mol. The van der Waals surface area contributed by atoms with E-state index in [1.165, 1.54) is 6.20 Å². The molecule has 1 aliphatic heterocycles. The highest BCUT2D eigenvalue weighted by Crippen LogP contribution is 2.26. The van der Waals surface area contributed by atoms with Crippen LogP contribution >= 0.6 is 0 Å². The van der Waals surface area contributed by atoms with E-state index < -0.39 is 34.4 Å². The van der Waals surface area contributed by atoms with Gasteiger partial charge >= 0.3 is 12.1 Å². The van der Waals surface area contributed by atoms with E-state index in [0.29, 0.717) is 67.0 Å². The number of fused-ring (bicyclic) bond motifs is 1. The standard InChI is InChI=1S/C19H28F3N7O4S/c1-12-10-28(7-8-33-12)17-15-11-29(30)18(24-16(15)25-26-17)23-13-2-4-14(5-3-13)27-34(31,32)9-6-19(20,21)22/h11-14,27H,2-10H2,1H3,(H2,23,24,25,26)/t12-,13?,14?/m0/s1. The number of H-pyrrole nitrogens is 1. The number of ether oxygens (including phenoxy) is 1. The number of nitrogens with one attached hydrogen (secondary N) is 3. The lowest BCUT2D eigenvalue weighted by Crippen LogP contribution is -2.43. The zero-order valence-corrected chi connectivity index (χ0v) is 19.5. The lowest BCUT2D eigenvalue weighted by molar-refractivity contribution is -0.591. The van der Waals surface area contributed by atoms with Crippen LogP contribution < -0.4 is 19.7 Å². The van der Waals surface area contributed by atoms with Gasteiger partial charge in [0.25, 0.3) is 0 Å². The number of aromatic nitrogens is 4. The molecular formula is C19H28F3N7O4S. The van der Waals surface area contributed by atoms with Crippen LogP contribution in [0.3, 0.4) is 0 Å². The molecule has 3 heterocycles. The maximum atomic E-state index is 12.6. The van der Waals surface area contributed by atoms with Gasteiger partial charge in [0.05, 0.1) is 37.1 Å². The summed E-state index contributed by atoms with van der Waals surface area (Å²) in [6.45, 7) is 3.85. The number of halogens is 3. The average Bonchev–Trinajstić information content (AvgIpc) is 3.16. The quantitative estimate of drug-likeness (QED) is 0.378. The summed E-state index contributed by atoms with van der Waals surface area (Å²) in [6.07, 6.45) is -2.48. The van der Waals surface area contributed by atoms with Crippen LogP contribution in [0.2, 0.25) is 0 Å². The van der Waals surface area contributed by atoms with Gasteiger partial charge in [-0.1, -0.05) is 4.98 Å². The van der Waals surface area contributed by atoms with Crippen molar-refractivity contribution in [2.75, 3.05) is 35.7 Å². The lowest BCUT2D eigenvalue weighted by atomic mass is 9.92. The summed E-state index contributed by atoms with van der Waals surface area (Å²) in [7, 11) is -4.01. The minimum Gasteiger partial charge on any atom is -0.740 e. The Labute approximate surface area is 194 Å². The second-order valence-corrected chi connectivity index (χ2v) is 10.7. The Kier molecular flexibility index (Phi) is 7.05. The van der Waals surface area contributed by atoms with Crippen LogP contribution in [0, 0.1) is 5.21 Å². The predicted molar refractivity (Wildman–Crippen MR) is 118 cm³/mol. The van der Waals surface area contributed by atoms with Crippen LogP contribution in [0.1, 0.15) is 39.0 Å². The van der Waals surface area contributed by atoms with Crippen molar-refractivity contribution < 1.29 is 31.1 Å². The van der Waals surface area contributed by atoms with Gasteiger partial charge in [0.1, 0.15) is 5.39 Å². The fourth-order valence-electron chi connectivity index (χ4n) is 4.32. The Balaban J connectivity index is 1.34. The summed E-state index contributed by atoms with van der Waals surface area (Å²) in [5.74, 6) is -0.232. The molecule has 0 spiro atoms. The van der Waals surface area contributed by atoms with Crippen molar-refractivity contribution in [3.05, 3.63) is 11.4 Å². The largest absolute Gasteiger partial charge is 0.740 e. The molecule has 0 aromatic carbocycles. The Morgan fingerprint density at radius 3 is 2.68 bits per heavy atom. The van der Waals surface area contributed by atoms with Crippen molar-refractivity contribution in [2.24, 2.45) is 0 Å². The smallest absolute Gasteiger partial charge is 0.394 e. The Morgan fingerprint density at radius 2 is 2.00 bits per heavy atom. The van der Waals surface area contributed by atoms with E-state index in [1.54, 1.807) is 0 Å². The molecule has 1 atom stereocenters. The molecule has 1 saturated heterocycles. The van der Waals surface area contributed by atoms with Crippen LogP contribution in [0.4, 0.5) is 24.9 Å². The fourth-order valence-corrected chi connectivity index (χ4v) is 5.68. The van der Waals surface area contributed by atoms with Gasteiger partial charge in [-0.25, -0.2) is 23.0 Å². The van der Waals surface area contributed by atoms with Crippen LogP contribution in [0.25, 0.3) is 11.0 Å². The van der Waals surface area contributed by atoms with Gasteiger partial charge in [-0.15, -0.1) is 0 Å². The van der Waals surface area contributed by atoms with E-state index in [-0.39, 0.29) is 18.1 Å². The molecule has 3 N–H and O–H groups in total. The van der Waals surface area contributed by atoms with Crippen molar-refractivity contribution in [3.8, 4) is 0 Å². The van der Waals surface area contributed by atoms with Crippen molar-refractivity contribution in [1.29, 1.82) is 0 Å². The van der Waals surface area contributed by atoms with Gasteiger partial charge in [-0.2, -0.15) is 18.3 Å². The second kappa shape index (κ2) is 9.70. The summed E-state index contributed by atoms with van der Waals surface area (Å²) in [5.41, 5.74) is 0.467. The van der Waals surface area contributed by atoms with E-state index >= 15 is 0 Å². The Hall–Kier alpha value is -2.39. The van der Waals surface area contributed by atoms with Crippen LogP contribution in [0.15, 0.2) is 6.20 Å². The van der Waals surface area contributed by atoms with E-state index in [4.69, 9.17) is 4.74 Å². The lowest BCUT2D eigenvalue weighted by Gasteiger charge is -2.31. The second-order valence-electron chi connectivity index (χ2n) is 8.82. The molecule has 2 aromatic rings. The normalized spacial score (nSPS) is 24.5. The minimum absolute atomic E-state index is 0.0537. The maximum Gasteiger partial charge on any atom is 0.394 e. The number of rotatable bonds is 7. The van der Waals surface area contributed by atoms with E-state index in [9.17, 15) is 26.8 Å². The Morgan fingerprint density at radius 1 is 1.29 bits per heavy atom. The minimum atomic E-state index is -4.52. The molecule has 2 aromatic heterocycles. The molecule has 34 heavy (non-hydrogen) atoms. The molecule has 2 aliphatic rings. The van der Waals surface area contributed by atoms with Gasteiger partial charge in [-0.3, -0.25) is 5.32 Å². The SMILES string of the molecule is C[C@H]1CN(c2n[nH]c3nc(NC4CCC(NS(=O)(=O)CCC(F)(F)F)CC4)[n+]([O-])cc23)CCO1. The molecule has 15 heteroatoms. The maximum absolute atomic E-state index is 12.6. The highest BCUT2D eigenvalue weighted by Gasteiger charge is 2.32. The van der Waals surface area contributed by atoms with E-state index in [0.717, 1.165) is 0 Å². The van der Waals surface area contributed by atoms with Crippen molar-refractivity contribution in [3.63, 3.8) is 0 Å². The number of sulfonamides is 1. The van der Waals surface area contributed by atoms with Crippen molar-refractivity contribution in [1.82, 2.24) is 19.9 Å². The van der Waals surface area contributed by atoms with Crippen molar-refractivity contribution >= 4 is 32.8 Å². The van der Waals surface area contributed by atoms with Gasteiger partial charge in [0.2, 0.25) is 15.7 Å². The molecule has 1 saturated carbocycles. The topological polar surface area (TPSA) is 139 Å². The fraction of sp³-hybridized carbons (Fsp3) is 0.737. The van der Waals surface area contributed by atoms with Gasteiger partial charge in [0.15, 0.2) is 5.82 Å². The van der Waals surface area contributed by atoms with E-state index in [2.05, 4.69) is 25.2 Å². The molecule has 0 bridgehead atoms. The Bertz CT molecular complexity index is 1100. The first-order valence-electron chi connectivity index (χ1n) is 11.2. The number of anilines is 2. The third kappa shape index (κ3) is 6.18. The van der Waals surface area contributed by atoms with Crippen molar-refractivity contribution in [2.45, 2.75) is 63.4 Å². The number of morpholine rings is 1. The summed E-state index contributed by atoms with van der Waals surface area (Å²) in [5, 5.41) is 23.5. The number of aromatic amines is 1. The first-order valence-corrected chi connectivity index (χ1v) is 12.8. The molecule has 0 radical (unpaired) electrons. The summed E-state index contributed by atoms with van der Waals surface area (Å²) < 4.78 is 69.4. The number of hydrogen-bond acceptors (Lipinski definition) is 8. The first-order chi connectivity index (χ1) is 16.0. The van der Waals surface area contributed by atoms with Gasteiger partial charge in [0, 0.05) is 19.1 Å². The van der Waals surface area contributed by atoms with Crippen LogP contribution in [0.5, 0.6) is 0 Å². The molecular weight excluding hydrogens is 479 g/mol. The third-order valence-electron chi connectivity index (χ3n) is 6.04. The number of alkyl halides is 3. The summed E-state index contributed by atoms with van der Waals surface area (Å²) in [4.78, 5) is 6.41. The zero-order valence-electron chi connectivity index (χ0n) is 18.6. The molecule has 190 valence electrons. The third-order valence-corrected chi connectivity index (χ3v) is 7.47. The average molecular weight is 508 g/mol. The molecule has 11 nitrogen and oxygen atoms in total. The summed E-state index contributed by atoms with van der Waals surface area (Å²) in [6, 6.07) is -0.555. The molecule has 1 aliphatic carbocycles. The van der Waals surface area contributed by atoms with Crippen LogP contribution in [-0.4, -0.2) is 73.4 Å². The predicted octanol–water partition coefficient (Wildman–Crippen LogP) is 1.41. The van der Waals surface area contributed by atoms with E-state index in [1.807, 2.05) is 11.8 Å². The van der Waals surface area contributed by atoms with Gasteiger partial charge < -0.3 is 14.8 Å². The number of nitrogens with zero attached hydrogens (tertiary/aromatic N) is 4. The molecule has 0 amide bonds. The summed E-state index contributed by atoms with van der Waals surface area (Å²) >= 11 is 0. The molecule has 2 fully saturated rings. The van der Waals surface area contributed by atoms with Gasteiger partial charge in [-0.05, 0) is 32.6 Å². The first kappa shape index (κ1) is 24.7. The molecule has 0 unspecified atom stereocenters. The molecule has 4 rings (SSSR count).